The van der Waals surface area contributed by atoms with Crippen molar-refractivity contribution in [3.63, 3.8) is 0 Å². The van der Waals surface area contributed by atoms with Gasteiger partial charge >= 0.3 is 0 Å². The minimum atomic E-state index is -3.38. The maximum Gasteiger partial charge on any atom is 0.242 e. The molecule has 1 rings (SSSR count). The fourth-order valence-corrected chi connectivity index (χ4v) is 2.21. The topological polar surface area (TPSA) is 54.5 Å². The Bertz CT molecular complexity index is 523. The van der Waals surface area contributed by atoms with Crippen molar-refractivity contribution in [1.29, 1.82) is 0 Å². The zero-order chi connectivity index (χ0) is 13.9. The number of hydrogen-bond donors (Lipinski definition) is 0. The number of anilines is 1. The summed E-state index contributed by atoms with van der Waals surface area (Å²) in [5, 5.41) is 0. The van der Waals surface area contributed by atoms with E-state index in [1.807, 2.05) is 0 Å². The molecule has 0 spiro atoms. The number of benzene rings is 1. The summed E-state index contributed by atoms with van der Waals surface area (Å²) in [6.07, 6.45) is 1.01. The zero-order valence-corrected chi connectivity index (χ0v) is 11.4. The molecule has 0 aromatic heterocycles. The van der Waals surface area contributed by atoms with E-state index in [1.54, 1.807) is 13.8 Å². The van der Waals surface area contributed by atoms with Crippen molar-refractivity contribution < 1.29 is 17.6 Å². The van der Waals surface area contributed by atoms with Gasteiger partial charge in [0.25, 0.3) is 0 Å². The van der Waals surface area contributed by atoms with Gasteiger partial charge in [0.2, 0.25) is 5.91 Å². The number of sulfone groups is 1. The minimum Gasteiger partial charge on any atom is -0.309 e. The molecule has 100 valence electrons. The molecule has 0 aliphatic carbocycles. The average Bonchev–Trinajstić information content (AvgIpc) is 2.18. The van der Waals surface area contributed by atoms with Crippen LogP contribution in [0.2, 0.25) is 0 Å². The summed E-state index contributed by atoms with van der Waals surface area (Å²) in [7, 11) is -3.38. The van der Waals surface area contributed by atoms with Crippen LogP contribution in [0.25, 0.3) is 0 Å². The van der Waals surface area contributed by atoms with E-state index < -0.39 is 27.3 Å². The first-order valence-corrected chi connectivity index (χ1v) is 7.52. The summed E-state index contributed by atoms with van der Waals surface area (Å²) in [6.45, 7) is 3.53. The second-order valence-electron chi connectivity index (χ2n) is 4.40. The van der Waals surface area contributed by atoms with E-state index >= 15 is 0 Å². The van der Waals surface area contributed by atoms with Gasteiger partial charge in [0.15, 0.2) is 9.84 Å². The number of halogens is 1. The second-order valence-corrected chi connectivity index (χ2v) is 6.54. The lowest BCUT2D eigenvalue weighted by Gasteiger charge is -2.26. The van der Waals surface area contributed by atoms with Gasteiger partial charge in [-0.25, -0.2) is 12.8 Å². The van der Waals surface area contributed by atoms with Crippen molar-refractivity contribution in [3.8, 4) is 0 Å². The van der Waals surface area contributed by atoms with E-state index in [4.69, 9.17) is 0 Å². The third-order valence-corrected chi connectivity index (χ3v) is 3.05. The van der Waals surface area contributed by atoms with E-state index in [9.17, 15) is 17.6 Å². The minimum absolute atomic E-state index is 0.204. The van der Waals surface area contributed by atoms with Crippen LogP contribution in [-0.4, -0.2) is 32.4 Å². The van der Waals surface area contributed by atoms with Crippen LogP contribution < -0.4 is 4.90 Å². The maximum absolute atomic E-state index is 12.8. The number of hydrogen-bond acceptors (Lipinski definition) is 3. The summed E-state index contributed by atoms with van der Waals surface area (Å²) in [5.41, 5.74) is 0.486. The van der Waals surface area contributed by atoms with Crippen LogP contribution in [0.15, 0.2) is 24.3 Å². The van der Waals surface area contributed by atoms with E-state index in [2.05, 4.69) is 0 Å². The first-order chi connectivity index (χ1) is 8.20. The highest BCUT2D eigenvalue weighted by atomic mass is 32.2. The smallest absolute Gasteiger partial charge is 0.242 e. The largest absolute Gasteiger partial charge is 0.309 e. The Labute approximate surface area is 106 Å². The average molecular weight is 273 g/mol. The van der Waals surface area contributed by atoms with Crippen LogP contribution in [-0.2, 0) is 14.6 Å². The lowest BCUT2D eigenvalue weighted by molar-refractivity contribution is -0.116. The molecular weight excluding hydrogens is 257 g/mol. The first kappa shape index (κ1) is 14.6. The van der Waals surface area contributed by atoms with Crippen molar-refractivity contribution in [3.05, 3.63) is 30.1 Å². The molecule has 0 heterocycles. The van der Waals surface area contributed by atoms with Crippen LogP contribution in [0.5, 0.6) is 0 Å². The molecular formula is C12H16FNO3S. The molecule has 0 fully saturated rings. The van der Waals surface area contributed by atoms with Crippen LogP contribution >= 0.6 is 0 Å². The van der Waals surface area contributed by atoms with Gasteiger partial charge in [-0.1, -0.05) is 0 Å². The van der Waals surface area contributed by atoms with Crippen molar-refractivity contribution in [2.24, 2.45) is 0 Å². The van der Waals surface area contributed by atoms with E-state index in [0.717, 1.165) is 6.26 Å². The summed E-state index contributed by atoms with van der Waals surface area (Å²) in [4.78, 5) is 13.3. The second kappa shape index (κ2) is 5.48. The highest BCUT2D eigenvalue weighted by molar-refractivity contribution is 7.91. The van der Waals surface area contributed by atoms with Gasteiger partial charge < -0.3 is 4.90 Å². The van der Waals surface area contributed by atoms with Gasteiger partial charge in [0.05, 0.1) is 0 Å². The lowest BCUT2D eigenvalue weighted by atomic mass is 10.2. The van der Waals surface area contributed by atoms with Crippen molar-refractivity contribution in [2.75, 3.05) is 16.9 Å². The van der Waals surface area contributed by atoms with Crippen molar-refractivity contribution in [1.82, 2.24) is 0 Å². The molecule has 0 radical (unpaired) electrons. The zero-order valence-electron chi connectivity index (χ0n) is 10.6. The van der Waals surface area contributed by atoms with E-state index in [1.165, 1.54) is 29.2 Å². The molecule has 0 bridgehead atoms. The summed E-state index contributed by atoms with van der Waals surface area (Å²) in [6, 6.07) is 5.17. The Kier molecular flexibility index (Phi) is 4.45. The van der Waals surface area contributed by atoms with E-state index in [-0.39, 0.29) is 6.04 Å². The molecule has 1 amide bonds. The molecule has 1 aromatic carbocycles. The quantitative estimate of drug-likeness (QED) is 0.837. The Hall–Kier alpha value is -1.43. The third-order valence-electron chi connectivity index (χ3n) is 2.28. The van der Waals surface area contributed by atoms with Crippen molar-refractivity contribution in [2.45, 2.75) is 19.9 Å². The lowest BCUT2D eigenvalue weighted by Crippen LogP contribution is -2.40. The Morgan fingerprint density at radius 1 is 1.28 bits per heavy atom. The van der Waals surface area contributed by atoms with E-state index in [0.29, 0.717) is 5.69 Å². The fourth-order valence-electron chi connectivity index (χ4n) is 1.63. The van der Waals surface area contributed by atoms with Gasteiger partial charge in [-0.2, -0.15) is 0 Å². The molecule has 0 unspecified atom stereocenters. The maximum atomic E-state index is 12.8. The van der Waals surface area contributed by atoms with Crippen LogP contribution in [0, 0.1) is 5.82 Å². The summed E-state index contributed by atoms with van der Waals surface area (Å²) < 4.78 is 35.1. The van der Waals surface area contributed by atoms with Crippen LogP contribution in [0.1, 0.15) is 13.8 Å². The predicted octanol–water partition coefficient (Wildman–Crippen LogP) is 1.61. The third kappa shape index (κ3) is 4.10. The van der Waals surface area contributed by atoms with Gasteiger partial charge in [0, 0.05) is 18.0 Å². The first-order valence-electron chi connectivity index (χ1n) is 5.46. The van der Waals surface area contributed by atoms with Crippen LogP contribution in [0.4, 0.5) is 10.1 Å². The molecule has 6 heteroatoms. The Morgan fingerprint density at radius 2 is 1.78 bits per heavy atom. The molecule has 4 nitrogen and oxygen atoms in total. The number of amides is 1. The highest BCUT2D eigenvalue weighted by Gasteiger charge is 2.22. The Morgan fingerprint density at radius 3 is 2.17 bits per heavy atom. The molecule has 1 aromatic rings. The highest BCUT2D eigenvalue weighted by Crippen LogP contribution is 2.18. The molecule has 0 saturated heterocycles. The normalized spacial score (nSPS) is 11.6. The molecule has 0 aliphatic rings. The molecule has 18 heavy (non-hydrogen) atoms. The van der Waals surface area contributed by atoms with Gasteiger partial charge in [0.1, 0.15) is 11.6 Å². The summed E-state index contributed by atoms with van der Waals surface area (Å²) in [5.74, 6) is -1.47. The monoisotopic (exact) mass is 273 g/mol. The number of rotatable bonds is 4. The number of carbonyl (C=O) groups is 1. The van der Waals surface area contributed by atoms with Gasteiger partial charge in [-0.05, 0) is 38.1 Å². The van der Waals surface area contributed by atoms with Crippen LogP contribution in [0.3, 0.4) is 0 Å². The number of carbonyl (C=O) groups excluding carboxylic acids is 1. The molecule has 0 saturated carbocycles. The molecule has 0 atom stereocenters. The fraction of sp³-hybridized carbons (Fsp3) is 0.417. The number of nitrogens with zero attached hydrogens (tertiary/aromatic N) is 1. The molecule has 0 aliphatic heterocycles. The molecule has 0 N–H and O–H groups in total. The van der Waals surface area contributed by atoms with Gasteiger partial charge in [-0.15, -0.1) is 0 Å². The SMILES string of the molecule is CC(C)N(C(=O)CS(C)(=O)=O)c1ccc(F)cc1. The summed E-state index contributed by atoms with van der Waals surface area (Å²) >= 11 is 0. The van der Waals surface area contributed by atoms with Gasteiger partial charge in [-0.3, -0.25) is 4.79 Å². The van der Waals surface area contributed by atoms with Crippen molar-refractivity contribution >= 4 is 21.4 Å². The predicted molar refractivity (Wildman–Crippen MR) is 68.7 cm³/mol. The standard InChI is InChI=1S/C12H16FNO3S/c1-9(2)14(12(15)8-18(3,16)17)11-6-4-10(13)5-7-11/h4-7,9H,8H2,1-3H3. The Balaban J connectivity index is 3.03.